The minimum absolute atomic E-state index is 0.0600. The first-order chi connectivity index (χ1) is 7.83. The van der Waals surface area contributed by atoms with Crippen LogP contribution in [0.2, 0.25) is 0 Å². The molecule has 1 aliphatic carbocycles. The Hall–Kier alpha value is -0.120. The van der Waals surface area contributed by atoms with E-state index in [-0.39, 0.29) is 6.10 Å². The summed E-state index contributed by atoms with van der Waals surface area (Å²) in [5.74, 6) is 0. The van der Waals surface area contributed by atoms with Crippen LogP contribution in [-0.2, 0) is 0 Å². The Balaban J connectivity index is 1.92. The molecule has 1 aliphatic heterocycles. The zero-order valence-electron chi connectivity index (χ0n) is 10.5. The first kappa shape index (κ1) is 12.3. The highest BCUT2D eigenvalue weighted by Crippen LogP contribution is 2.30. The molecule has 3 nitrogen and oxygen atoms in total. The molecule has 2 aliphatic rings. The second-order valence-electron chi connectivity index (χ2n) is 5.35. The number of likely N-dealkylation sites (tertiary alicyclic amines) is 1. The lowest BCUT2D eigenvalue weighted by atomic mass is 9.96. The van der Waals surface area contributed by atoms with Gasteiger partial charge in [0.25, 0.3) is 0 Å². The van der Waals surface area contributed by atoms with Crippen molar-refractivity contribution >= 4 is 0 Å². The molecule has 0 spiro atoms. The Morgan fingerprint density at radius 1 is 1.19 bits per heavy atom. The number of nitrogens with zero attached hydrogens (tertiary/aromatic N) is 1. The first-order valence-corrected chi connectivity index (χ1v) is 6.91. The minimum atomic E-state index is -0.0600. The standard InChI is InChI=1S/C13H26N2O/c1-14-9-8-11-5-2-3-10-15(11)12-6-4-7-13(12)16/h11-14,16H,2-10H2,1H3. The quantitative estimate of drug-likeness (QED) is 0.760. The zero-order chi connectivity index (χ0) is 11.4. The normalized spacial score (nSPS) is 36.8. The van der Waals surface area contributed by atoms with Crippen LogP contribution in [0.4, 0.5) is 0 Å². The van der Waals surface area contributed by atoms with E-state index < -0.39 is 0 Å². The molecule has 0 aromatic rings. The number of piperidine rings is 1. The van der Waals surface area contributed by atoms with E-state index in [0.29, 0.717) is 12.1 Å². The molecular weight excluding hydrogens is 200 g/mol. The van der Waals surface area contributed by atoms with Crippen molar-refractivity contribution in [2.24, 2.45) is 0 Å². The molecule has 3 unspecified atom stereocenters. The summed E-state index contributed by atoms with van der Waals surface area (Å²) in [5.41, 5.74) is 0. The predicted molar refractivity (Wildman–Crippen MR) is 66.5 cm³/mol. The highest BCUT2D eigenvalue weighted by atomic mass is 16.3. The Morgan fingerprint density at radius 2 is 2.06 bits per heavy atom. The van der Waals surface area contributed by atoms with Crippen LogP contribution < -0.4 is 5.32 Å². The van der Waals surface area contributed by atoms with Gasteiger partial charge in [-0.3, -0.25) is 4.90 Å². The number of nitrogens with one attached hydrogen (secondary N) is 1. The lowest BCUT2D eigenvalue weighted by Crippen LogP contribution is -2.50. The van der Waals surface area contributed by atoms with Gasteiger partial charge in [-0.25, -0.2) is 0 Å². The molecule has 0 aromatic heterocycles. The second-order valence-corrected chi connectivity index (χ2v) is 5.35. The van der Waals surface area contributed by atoms with E-state index in [4.69, 9.17) is 0 Å². The van der Waals surface area contributed by atoms with Gasteiger partial charge in [-0.1, -0.05) is 6.42 Å². The molecule has 2 fully saturated rings. The fourth-order valence-corrected chi connectivity index (χ4v) is 3.39. The molecule has 1 saturated heterocycles. The number of rotatable bonds is 4. The Bertz CT molecular complexity index is 210. The Kier molecular flexibility index (Phi) is 4.62. The summed E-state index contributed by atoms with van der Waals surface area (Å²) in [5, 5.41) is 13.3. The van der Waals surface area contributed by atoms with E-state index in [0.717, 1.165) is 13.0 Å². The largest absolute Gasteiger partial charge is 0.391 e. The average molecular weight is 226 g/mol. The summed E-state index contributed by atoms with van der Waals surface area (Å²) in [6.45, 7) is 2.31. The Labute approximate surface area is 99.2 Å². The molecule has 3 atom stereocenters. The van der Waals surface area contributed by atoms with Gasteiger partial charge >= 0.3 is 0 Å². The van der Waals surface area contributed by atoms with Gasteiger partial charge in [-0.2, -0.15) is 0 Å². The second kappa shape index (κ2) is 5.99. The number of hydrogen-bond donors (Lipinski definition) is 2. The van der Waals surface area contributed by atoms with Gasteiger partial charge in [0.2, 0.25) is 0 Å². The van der Waals surface area contributed by atoms with Crippen LogP contribution in [0, 0.1) is 0 Å². The number of aliphatic hydroxyl groups is 1. The summed E-state index contributed by atoms with van der Waals surface area (Å²) in [6.07, 6.45) is 8.62. The third kappa shape index (κ3) is 2.76. The smallest absolute Gasteiger partial charge is 0.0695 e. The van der Waals surface area contributed by atoms with Crippen LogP contribution in [0.25, 0.3) is 0 Å². The van der Waals surface area contributed by atoms with Gasteiger partial charge in [0.05, 0.1) is 6.10 Å². The van der Waals surface area contributed by atoms with Crippen molar-refractivity contribution in [3.8, 4) is 0 Å². The summed E-state index contributed by atoms with van der Waals surface area (Å²) >= 11 is 0. The molecule has 94 valence electrons. The van der Waals surface area contributed by atoms with Crippen molar-refractivity contribution in [3.05, 3.63) is 0 Å². The maximum atomic E-state index is 10.0. The molecule has 0 bridgehead atoms. The van der Waals surface area contributed by atoms with Crippen molar-refractivity contribution in [3.63, 3.8) is 0 Å². The highest BCUT2D eigenvalue weighted by Gasteiger charge is 2.35. The fraction of sp³-hybridized carbons (Fsp3) is 1.00. The van der Waals surface area contributed by atoms with Crippen molar-refractivity contribution in [2.45, 2.75) is 63.1 Å². The molecule has 1 heterocycles. The van der Waals surface area contributed by atoms with Gasteiger partial charge in [0, 0.05) is 12.1 Å². The topological polar surface area (TPSA) is 35.5 Å². The van der Waals surface area contributed by atoms with E-state index >= 15 is 0 Å². The van der Waals surface area contributed by atoms with E-state index in [1.54, 1.807) is 0 Å². The third-order valence-corrected chi connectivity index (χ3v) is 4.27. The van der Waals surface area contributed by atoms with Crippen LogP contribution in [0.5, 0.6) is 0 Å². The maximum Gasteiger partial charge on any atom is 0.0695 e. The van der Waals surface area contributed by atoms with E-state index in [2.05, 4.69) is 10.2 Å². The molecule has 0 radical (unpaired) electrons. The van der Waals surface area contributed by atoms with E-state index in [1.165, 1.54) is 45.1 Å². The molecule has 0 aromatic carbocycles. The molecule has 16 heavy (non-hydrogen) atoms. The van der Waals surface area contributed by atoms with E-state index in [9.17, 15) is 5.11 Å². The van der Waals surface area contributed by atoms with Crippen LogP contribution in [0.15, 0.2) is 0 Å². The molecule has 1 saturated carbocycles. The van der Waals surface area contributed by atoms with Crippen molar-refractivity contribution < 1.29 is 5.11 Å². The lowest BCUT2D eigenvalue weighted by molar-refractivity contribution is 0.0224. The molecule has 3 heteroatoms. The van der Waals surface area contributed by atoms with E-state index in [1.807, 2.05) is 7.05 Å². The average Bonchev–Trinajstić information content (AvgIpc) is 2.73. The summed E-state index contributed by atoms with van der Waals surface area (Å²) in [7, 11) is 2.03. The van der Waals surface area contributed by atoms with Gasteiger partial charge in [-0.15, -0.1) is 0 Å². The fourth-order valence-electron chi connectivity index (χ4n) is 3.39. The van der Waals surface area contributed by atoms with Gasteiger partial charge in [-0.05, 0) is 58.7 Å². The van der Waals surface area contributed by atoms with Crippen molar-refractivity contribution in [2.75, 3.05) is 20.1 Å². The SMILES string of the molecule is CNCCC1CCCCN1C1CCCC1O. The molecule has 2 N–H and O–H groups in total. The lowest BCUT2D eigenvalue weighted by Gasteiger charge is -2.41. The molecule has 0 amide bonds. The van der Waals surface area contributed by atoms with Crippen LogP contribution >= 0.6 is 0 Å². The highest BCUT2D eigenvalue weighted by molar-refractivity contribution is 4.90. The van der Waals surface area contributed by atoms with Crippen molar-refractivity contribution in [1.82, 2.24) is 10.2 Å². The summed E-state index contributed by atoms with van der Waals surface area (Å²) in [4.78, 5) is 2.61. The molecule has 2 rings (SSSR count). The number of hydrogen-bond acceptors (Lipinski definition) is 3. The summed E-state index contributed by atoms with van der Waals surface area (Å²) in [6, 6.07) is 1.17. The first-order valence-electron chi connectivity index (χ1n) is 6.91. The summed E-state index contributed by atoms with van der Waals surface area (Å²) < 4.78 is 0. The minimum Gasteiger partial charge on any atom is -0.391 e. The van der Waals surface area contributed by atoms with Gasteiger partial charge < -0.3 is 10.4 Å². The zero-order valence-corrected chi connectivity index (χ0v) is 10.5. The van der Waals surface area contributed by atoms with Crippen LogP contribution in [-0.4, -0.2) is 48.3 Å². The van der Waals surface area contributed by atoms with Crippen LogP contribution in [0.1, 0.15) is 44.9 Å². The monoisotopic (exact) mass is 226 g/mol. The van der Waals surface area contributed by atoms with Crippen LogP contribution in [0.3, 0.4) is 0 Å². The van der Waals surface area contributed by atoms with Gasteiger partial charge in [0.1, 0.15) is 0 Å². The van der Waals surface area contributed by atoms with Gasteiger partial charge in [0.15, 0.2) is 0 Å². The maximum absolute atomic E-state index is 10.0. The van der Waals surface area contributed by atoms with Crippen molar-refractivity contribution in [1.29, 1.82) is 0 Å². The Morgan fingerprint density at radius 3 is 2.75 bits per heavy atom. The molecular formula is C13H26N2O. The third-order valence-electron chi connectivity index (χ3n) is 4.27. The number of aliphatic hydroxyl groups excluding tert-OH is 1. The predicted octanol–water partition coefficient (Wildman–Crippen LogP) is 1.36.